The summed E-state index contributed by atoms with van der Waals surface area (Å²) in [7, 11) is 0. The molecule has 0 spiro atoms. The first-order valence-electron chi connectivity index (χ1n) is 6.60. The Bertz CT molecular complexity index is 280. The molecule has 0 aromatic rings. The molecule has 0 aromatic carbocycles. The molecule has 2 aliphatic heterocycles. The van der Waals surface area contributed by atoms with Crippen molar-refractivity contribution in [2.75, 3.05) is 26.2 Å². The van der Waals surface area contributed by atoms with Crippen molar-refractivity contribution in [2.45, 2.75) is 39.2 Å². The summed E-state index contributed by atoms with van der Waals surface area (Å²) in [5.41, 5.74) is 1.41. The van der Waals surface area contributed by atoms with Gasteiger partial charge in [-0.05, 0) is 39.3 Å². The van der Waals surface area contributed by atoms with Crippen LogP contribution in [0.15, 0.2) is 23.9 Å². The van der Waals surface area contributed by atoms with Crippen molar-refractivity contribution in [1.82, 2.24) is 9.80 Å². The Labute approximate surface area is 99.6 Å². The van der Waals surface area contributed by atoms with E-state index in [4.69, 9.17) is 0 Å². The predicted octanol–water partition coefficient (Wildman–Crippen LogP) is 2.64. The molecular formula is C14H24N2. The van der Waals surface area contributed by atoms with Crippen LogP contribution in [-0.4, -0.2) is 42.0 Å². The average Bonchev–Trinajstić information content (AvgIpc) is 2.30. The van der Waals surface area contributed by atoms with Crippen LogP contribution >= 0.6 is 0 Å². The lowest BCUT2D eigenvalue weighted by Crippen LogP contribution is -2.42. The fraction of sp³-hybridized carbons (Fsp3) is 0.714. The van der Waals surface area contributed by atoms with Gasteiger partial charge in [-0.2, -0.15) is 0 Å². The highest BCUT2D eigenvalue weighted by molar-refractivity contribution is 5.15. The molecule has 1 atom stereocenters. The summed E-state index contributed by atoms with van der Waals surface area (Å²) in [6.45, 7) is 9.37. The van der Waals surface area contributed by atoms with Crippen LogP contribution in [0.25, 0.3) is 0 Å². The van der Waals surface area contributed by atoms with Crippen molar-refractivity contribution < 1.29 is 0 Å². The lowest BCUT2D eigenvalue weighted by atomic mass is 10.0. The smallest absolute Gasteiger partial charge is 0.0360 e. The van der Waals surface area contributed by atoms with E-state index >= 15 is 0 Å². The largest absolute Gasteiger partial charge is 0.370 e. The Kier molecular flexibility index (Phi) is 4.05. The predicted molar refractivity (Wildman–Crippen MR) is 69.4 cm³/mol. The maximum atomic E-state index is 2.65. The van der Waals surface area contributed by atoms with E-state index in [1.807, 2.05) is 0 Å². The number of nitrogens with zero attached hydrogens (tertiary/aromatic N) is 2. The van der Waals surface area contributed by atoms with Crippen LogP contribution in [0, 0.1) is 0 Å². The summed E-state index contributed by atoms with van der Waals surface area (Å²) in [5.74, 6) is 0. The van der Waals surface area contributed by atoms with E-state index in [1.165, 1.54) is 44.6 Å². The van der Waals surface area contributed by atoms with Gasteiger partial charge in [0.15, 0.2) is 0 Å². The molecule has 90 valence electrons. The number of hydrogen-bond donors (Lipinski definition) is 0. The molecule has 0 amide bonds. The minimum absolute atomic E-state index is 0.790. The molecule has 2 heterocycles. The molecule has 0 aliphatic carbocycles. The molecule has 0 aromatic heterocycles. The third kappa shape index (κ3) is 2.88. The van der Waals surface area contributed by atoms with Crippen LogP contribution in [0.2, 0.25) is 0 Å². The second-order valence-electron chi connectivity index (χ2n) is 5.06. The van der Waals surface area contributed by atoms with E-state index in [2.05, 4.69) is 41.9 Å². The Morgan fingerprint density at radius 1 is 1.31 bits per heavy atom. The van der Waals surface area contributed by atoms with E-state index in [-0.39, 0.29) is 0 Å². The molecule has 0 bridgehead atoms. The van der Waals surface area contributed by atoms with E-state index in [0.717, 1.165) is 12.6 Å². The Balaban J connectivity index is 1.78. The van der Waals surface area contributed by atoms with Crippen molar-refractivity contribution in [3.05, 3.63) is 23.9 Å². The first-order chi connectivity index (χ1) is 7.77. The third-order valence-corrected chi connectivity index (χ3v) is 3.90. The van der Waals surface area contributed by atoms with Gasteiger partial charge in [0, 0.05) is 31.4 Å². The monoisotopic (exact) mass is 220 g/mol. The highest BCUT2D eigenvalue weighted by Crippen LogP contribution is 2.16. The molecule has 2 rings (SSSR count). The van der Waals surface area contributed by atoms with Gasteiger partial charge in [0.05, 0.1) is 0 Å². The minimum atomic E-state index is 0.790. The summed E-state index contributed by atoms with van der Waals surface area (Å²) in [6.07, 6.45) is 10.8. The van der Waals surface area contributed by atoms with Gasteiger partial charge in [-0.25, -0.2) is 0 Å². The maximum absolute atomic E-state index is 2.65. The van der Waals surface area contributed by atoms with E-state index in [9.17, 15) is 0 Å². The number of allylic oxidation sites excluding steroid dienone is 3. The second-order valence-corrected chi connectivity index (χ2v) is 5.06. The van der Waals surface area contributed by atoms with Gasteiger partial charge in [-0.1, -0.05) is 18.6 Å². The lowest BCUT2D eigenvalue weighted by Gasteiger charge is -2.36. The molecule has 1 unspecified atom stereocenters. The molecule has 0 saturated carbocycles. The van der Waals surface area contributed by atoms with Gasteiger partial charge in [-0.3, -0.25) is 4.90 Å². The number of rotatable bonds is 3. The fourth-order valence-electron chi connectivity index (χ4n) is 2.65. The molecule has 0 radical (unpaired) electrons. The summed E-state index contributed by atoms with van der Waals surface area (Å²) in [5, 5.41) is 0. The molecule has 0 N–H and O–H groups in total. The molecular weight excluding hydrogens is 196 g/mol. The van der Waals surface area contributed by atoms with Gasteiger partial charge in [-0.15, -0.1) is 0 Å². The van der Waals surface area contributed by atoms with E-state index < -0.39 is 0 Å². The van der Waals surface area contributed by atoms with Crippen molar-refractivity contribution in [2.24, 2.45) is 0 Å². The van der Waals surface area contributed by atoms with Crippen LogP contribution in [0.4, 0.5) is 0 Å². The first-order valence-corrected chi connectivity index (χ1v) is 6.60. The molecule has 1 fully saturated rings. The van der Waals surface area contributed by atoms with E-state index in [1.54, 1.807) is 0 Å². The van der Waals surface area contributed by atoms with Gasteiger partial charge < -0.3 is 4.90 Å². The van der Waals surface area contributed by atoms with Gasteiger partial charge >= 0.3 is 0 Å². The van der Waals surface area contributed by atoms with Crippen LogP contribution in [0.5, 0.6) is 0 Å². The zero-order valence-electron chi connectivity index (χ0n) is 10.7. The second kappa shape index (κ2) is 5.53. The molecule has 2 heteroatoms. The number of likely N-dealkylation sites (tertiary alicyclic amines) is 1. The quantitative estimate of drug-likeness (QED) is 0.721. The summed E-state index contributed by atoms with van der Waals surface area (Å²) in [6, 6.07) is 0.790. The van der Waals surface area contributed by atoms with E-state index in [0.29, 0.717) is 0 Å². The molecule has 1 saturated heterocycles. The SMILES string of the molecule is CC1=CC=CCN1CCN1CCCCC1C. The standard InChI is InChI=1S/C14H24N2/c1-13-7-3-5-9-15(13)11-12-16-10-6-4-8-14(16)2/h3,5,7,14H,4,6,8-12H2,1-2H3. The third-order valence-electron chi connectivity index (χ3n) is 3.90. The molecule has 16 heavy (non-hydrogen) atoms. The highest BCUT2D eigenvalue weighted by atomic mass is 15.2. The summed E-state index contributed by atoms with van der Waals surface area (Å²) in [4.78, 5) is 5.12. The van der Waals surface area contributed by atoms with Crippen molar-refractivity contribution in [1.29, 1.82) is 0 Å². The van der Waals surface area contributed by atoms with Crippen molar-refractivity contribution in [3.8, 4) is 0 Å². The zero-order valence-corrected chi connectivity index (χ0v) is 10.7. The highest BCUT2D eigenvalue weighted by Gasteiger charge is 2.18. The molecule has 2 aliphatic rings. The van der Waals surface area contributed by atoms with Crippen LogP contribution in [0.1, 0.15) is 33.1 Å². The maximum Gasteiger partial charge on any atom is 0.0360 e. The van der Waals surface area contributed by atoms with Gasteiger partial charge in [0.25, 0.3) is 0 Å². The average molecular weight is 220 g/mol. The van der Waals surface area contributed by atoms with Gasteiger partial charge in [0.2, 0.25) is 0 Å². The van der Waals surface area contributed by atoms with Crippen LogP contribution in [0.3, 0.4) is 0 Å². The Morgan fingerprint density at radius 3 is 2.94 bits per heavy atom. The Hall–Kier alpha value is -0.760. The van der Waals surface area contributed by atoms with Crippen LogP contribution < -0.4 is 0 Å². The number of piperidine rings is 1. The van der Waals surface area contributed by atoms with Crippen molar-refractivity contribution in [3.63, 3.8) is 0 Å². The fourth-order valence-corrected chi connectivity index (χ4v) is 2.65. The normalized spacial score (nSPS) is 27.0. The Morgan fingerprint density at radius 2 is 2.19 bits per heavy atom. The van der Waals surface area contributed by atoms with Crippen molar-refractivity contribution >= 4 is 0 Å². The first kappa shape index (κ1) is 11.7. The minimum Gasteiger partial charge on any atom is -0.370 e. The lowest BCUT2D eigenvalue weighted by molar-refractivity contribution is 0.146. The van der Waals surface area contributed by atoms with Crippen LogP contribution in [-0.2, 0) is 0 Å². The van der Waals surface area contributed by atoms with Gasteiger partial charge in [0.1, 0.15) is 0 Å². The zero-order chi connectivity index (χ0) is 11.4. The summed E-state index contributed by atoms with van der Waals surface area (Å²) >= 11 is 0. The summed E-state index contributed by atoms with van der Waals surface area (Å²) < 4.78 is 0. The molecule has 2 nitrogen and oxygen atoms in total. The topological polar surface area (TPSA) is 6.48 Å². The number of hydrogen-bond acceptors (Lipinski definition) is 2.